The van der Waals surface area contributed by atoms with Gasteiger partial charge in [0.1, 0.15) is 17.2 Å². The number of ether oxygens (including phenoxy) is 3. The first-order valence-electron chi connectivity index (χ1n) is 7.35. The number of aryl methyl sites for hydroxylation is 1. The zero-order valence-corrected chi connectivity index (χ0v) is 13.8. The Morgan fingerprint density at radius 2 is 1.70 bits per heavy atom. The van der Waals surface area contributed by atoms with Crippen molar-refractivity contribution in [2.45, 2.75) is 13.8 Å². The van der Waals surface area contributed by atoms with E-state index in [1.165, 1.54) is 0 Å². The molecule has 0 heterocycles. The van der Waals surface area contributed by atoms with Crippen LogP contribution in [0.2, 0.25) is 0 Å². The second-order valence-electron chi connectivity index (χ2n) is 4.97. The summed E-state index contributed by atoms with van der Waals surface area (Å²) in [5.41, 5.74) is 2.14. The molecule has 0 atom stereocenters. The Hall–Kier alpha value is -2.69. The monoisotopic (exact) mass is 315 g/mol. The van der Waals surface area contributed by atoms with Gasteiger partial charge in [0.05, 0.1) is 20.8 Å². The first kappa shape index (κ1) is 16.7. The average Bonchev–Trinajstić information content (AvgIpc) is 2.56. The summed E-state index contributed by atoms with van der Waals surface area (Å²) in [5.74, 6) is 1.72. The molecular weight excluding hydrogens is 294 g/mol. The zero-order chi connectivity index (χ0) is 16.8. The van der Waals surface area contributed by atoms with Crippen molar-refractivity contribution in [3.63, 3.8) is 0 Å². The largest absolute Gasteiger partial charge is 0.497 e. The third-order valence-corrected chi connectivity index (χ3v) is 3.35. The molecule has 1 amide bonds. The molecule has 2 aromatic carbocycles. The molecule has 0 saturated heterocycles. The van der Waals surface area contributed by atoms with Gasteiger partial charge in [-0.15, -0.1) is 0 Å². The molecule has 2 aromatic rings. The van der Waals surface area contributed by atoms with Crippen LogP contribution in [0.5, 0.6) is 17.2 Å². The normalized spacial score (nSPS) is 10.1. The van der Waals surface area contributed by atoms with Crippen molar-refractivity contribution in [1.82, 2.24) is 0 Å². The fourth-order valence-electron chi connectivity index (χ4n) is 2.19. The number of nitrogens with one attached hydrogen (secondary N) is 1. The fraction of sp³-hybridized carbons (Fsp3) is 0.278. The van der Waals surface area contributed by atoms with Crippen LogP contribution in [0.3, 0.4) is 0 Å². The highest BCUT2D eigenvalue weighted by molar-refractivity contribution is 6.04. The van der Waals surface area contributed by atoms with Gasteiger partial charge in [0.15, 0.2) is 0 Å². The Labute approximate surface area is 136 Å². The maximum atomic E-state index is 12.4. The number of hydrogen-bond acceptors (Lipinski definition) is 4. The van der Waals surface area contributed by atoms with Gasteiger partial charge in [-0.25, -0.2) is 0 Å². The van der Waals surface area contributed by atoms with E-state index in [0.717, 1.165) is 11.3 Å². The van der Waals surface area contributed by atoms with Gasteiger partial charge in [-0.3, -0.25) is 4.79 Å². The molecule has 5 nitrogen and oxygen atoms in total. The molecule has 0 spiro atoms. The molecule has 5 heteroatoms. The third kappa shape index (κ3) is 4.16. The van der Waals surface area contributed by atoms with E-state index in [-0.39, 0.29) is 5.91 Å². The molecule has 122 valence electrons. The number of carbonyl (C=O) groups is 1. The standard InChI is InChI=1S/C18H21NO4/c1-5-23-17-7-6-14(8-12(17)2)19-18(20)13-9-15(21-3)11-16(10-13)22-4/h6-11H,5H2,1-4H3,(H,19,20). The smallest absolute Gasteiger partial charge is 0.255 e. The summed E-state index contributed by atoms with van der Waals surface area (Å²) < 4.78 is 15.9. The second-order valence-corrected chi connectivity index (χ2v) is 4.97. The van der Waals surface area contributed by atoms with E-state index in [2.05, 4.69) is 5.32 Å². The maximum Gasteiger partial charge on any atom is 0.255 e. The molecule has 0 radical (unpaired) electrons. The van der Waals surface area contributed by atoms with Crippen molar-refractivity contribution < 1.29 is 19.0 Å². The summed E-state index contributed by atoms with van der Waals surface area (Å²) >= 11 is 0. The quantitative estimate of drug-likeness (QED) is 0.884. The van der Waals surface area contributed by atoms with Gasteiger partial charge in [0.25, 0.3) is 5.91 Å². The van der Waals surface area contributed by atoms with Gasteiger partial charge >= 0.3 is 0 Å². The molecule has 0 saturated carbocycles. The highest BCUT2D eigenvalue weighted by Crippen LogP contribution is 2.25. The Bertz CT molecular complexity index is 675. The van der Waals surface area contributed by atoms with Gasteiger partial charge in [-0.05, 0) is 49.7 Å². The molecule has 0 fully saturated rings. The molecule has 0 aliphatic carbocycles. The van der Waals surface area contributed by atoms with Crippen LogP contribution < -0.4 is 19.5 Å². The molecular formula is C18H21NO4. The number of hydrogen-bond donors (Lipinski definition) is 1. The maximum absolute atomic E-state index is 12.4. The molecule has 0 bridgehead atoms. The Balaban J connectivity index is 2.20. The first-order chi connectivity index (χ1) is 11.1. The topological polar surface area (TPSA) is 56.8 Å². The van der Waals surface area contributed by atoms with Crippen LogP contribution in [0.25, 0.3) is 0 Å². The minimum atomic E-state index is -0.231. The second kappa shape index (κ2) is 7.54. The van der Waals surface area contributed by atoms with Crippen LogP contribution in [-0.4, -0.2) is 26.7 Å². The lowest BCUT2D eigenvalue weighted by Crippen LogP contribution is -2.12. The number of rotatable bonds is 6. The van der Waals surface area contributed by atoms with Gasteiger partial charge in [-0.1, -0.05) is 0 Å². The van der Waals surface area contributed by atoms with E-state index >= 15 is 0 Å². The number of methoxy groups -OCH3 is 2. The van der Waals surface area contributed by atoms with Crippen molar-refractivity contribution >= 4 is 11.6 Å². The van der Waals surface area contributed by atoms with Gasteiger partial charge < -0.3 is 19.5 Å². The average molecular weight is 315 g/mol. The summed E-state index contributed by atoms with van der Waals surface area (Å²) in [6, 6.07) is 10.6. The van der Waals surface area contributed by atoms with Crippen LogP contribution in [0, 0.1) is 6.92 Å². The van der Waals surface area contributed by atoms with Crippen molar-refractivity contribution in [3.8, 4) is 17.2 Å². The molecule has 2 rings (SSSR count). The minimum Gasteiger partial charge on any atom is -0.497 e. The van der Waals surface area contributed by atoms with E-state index < -0.39 is 0 Å². The first-order valence-corrected chi connectivity index (χ1v) is 7.35. The van der Waals surface area contributed by atoms with Crippen molar-refractivity contribution in [2.75, 3.05) is 26.1 Å². The molecule has 0 aliphatic heterocycles. The van der Waals surface area contributed by atoms with E-state index in [9.17, 15) is 4.79 Å². The highest BCUT2D eigenvalue weighted by atomic mass is 16.5. The lowest BCUT2D eigenvalue weighted by atomic mass is 10.1. The molecule has 23 heavy (non-hydrogen) atoms. The lowest BCUT2D eigenvalue weighted by molar-refractivity contribution is 0.102. The molecule has 0 aromatic heterocycles. The van der Waals surface area contributed by atoms with E-state index in [0.29, 0.717) is 29.4 Å². The number of amides is 1. The van der Waals surface area contributed by atoms with E-state index in [1.54, 1.807) is 32.4 Å². The van der Waals surface area contributed by atoms with Crippen molar-refractivity contribution in [2.24, 2.45) is 0 Å². The van der Waals surface area contributed by atoms with E-state index in [4.69, 9.17) is 14.2 Å². The summed E-state index contributed by atoms with van der Waals surface area (Å²) in [7, 11) is 3.10. The van der Waals surface area contributed by atoms with Gasteiger partial charge in [0.2, 0.25) is 0 Å². The van der Waals surface area contributed by atoms with Crippen molar-refractivity contribution in [3.05, 3.63) is 47.5 Å². The van der Waals surface area contributed by atoms with Crippen molar-refractivity contribution in [1.29, 1.82) is 0 Å². The SMILES string of the molecule is CCOc1ccc(NC(=O)c2cc(OC)cc(OC)c2)cc1C. The van der Waals surface area contributed by atoms with Crippen LogP contribution in [0.15, 0.2) is 36.4 Å². The highest BCUT2D eigenvalue weighted by Gasteiger charge is 2.11. The summed E-state index contributed by atoms with van der Waals surface area (Å²) in [6.45, 7) is 4.48. The molecule has 0 unspecified atom stereocenters. The number of anilines is 1. The lowest BCUT2D eigenvalue weighted by Gasteiger charge is -2.11. The Kier molecular flexibility index (Phi) is 5.46. The minimum absolute atomic E-state index is 0.231. The zero-order valence-electron chi connectivity index (χ0n) is 13.8. The van der Waals surface area contributed by atoms with Crippen LogP contribution >= 0.6 is 0 Å². The third-order valence-electron chi connectivity index (χ3n) is 3.35. The molecule has 0 aliphatic rings. The Morgan fingerprint density at radius 3 is 2.22 bits per heavy atom. The predicted octanol–water partition coefficient (Wildman–Crippen LogP) is 3.66. The van der Waals surface area contributed by atoms with E-state index in [1.807, 2.05) is 32.0 Å². The van der Waals surface area contributed by atoms with Gasteiger partial charge in [-0.2, -0.15) is 0 Å². The summed E-state index contributed by atoms with van der Waals surface area (Å²) in [4.78, 5) is 12.4. The van der Waals surface area contributed by atoms with Crippen LogP contribution in [0.1, 0.15) is 22.8 Å². The number of carbonyl (C=O) groups excluding carboxylic acids is 1. The fourth-order valence-corrected chi connectivity index (χ4v) is 2.19. The van der Waals surface area contributed by atoms with Gasteiger partial charge in [0, 0.05) is 17.3 Å². The Morgan fingerprint density at radius 1 is 1.04 bits per heavy atom. The predicted molar refractivity (Wildman–Crippen MR) is 89.8 cm³/mol. The van der Waals surface area contributed by atoms with Crippen LogP contribution in [0.4, 0.5) is 5.69 Å². The molecule has 1 N–H and O–H groups in total. The number of benzene rings is 2. The van der Waals surface area contributed by atoms with Crippen LogP contribution in [-0.2, 0) is 0 Å². The summed E-state index contributed by atoms with van der Waals surface area (Å²) in [5, 5.41) is 2.87. The summed E-state index contributed by atoms with van der Waals surface area (Å²) in [6.07, 6.45) is 0.